The topological polar surface area (TPSA) is 70.7 Å². The Morgan fingerprint density at radius 2 is 1.92 bits per heavy atom. The van der Waals surface area contributed by atoms with Gasteiger partial charge in [-0.25, -0.2) is 13.8 Å². The zero-order chi connectivity index (χ0) is 17.8. The van der Waals surface area contributed by atoms with Gasteiger partial charge in [0.2, 0.25) is 11.1 Å². The number of amides is 1. The second kappa shape index (κ2) is 7.43. The van der Waals surface area contributed by atoms with Gasteiger partial charge in [-0.2, -0.15) is 0 Å². The summed E-state index contributed by atoms with van der Waals surface area (Å²) < 4.78 is 26.1. The minimum absolute atomic E-state index is 0.191. The molecule has 0 radical (unpaired) electrons. The second-order valence-corrected chi connectivity index (χ2v) is 6.52. The van der Waals surface area contributed by atoms with Gasteiger partial charge in [-0.3, -0.25) is 9.89 Å². The molecule has 0 aliphatic heterocycles. The number of carbonyl (C=O) groups excluding carboxylic acids is 1. The van der Waals surface area contributed by atoms with E-state index < -0.39 is 16.9 Å². The number of hydrogen-bond acceptors (Lipinski definition) is 4. The first kappa shape index (κ1) is 17.1. The van der Waals surface area contributed by atoms with Crippen LogP contribution in [0, 0.1) is 11.6 Å². The Labute approximate surface area is 146 Å². The zero-order valence-corrected chi connectivity index (χ0v) is 14.0. The number of hydrogen-bond donors (Lipinski definition) is 2. The van der Waals surface area contributed by atoms with Crippen molar-refractivity contribution in [3.8, 4) is 11.4 Å². The second-order valence-electron chi connectivity index (χ2n) is 5.21. The van der Waals surface area contributed by atoms with E-state index >= 15 is 0 Å². The number of rotatable bonds is 5. The van der Waals surface area contributed by atoms with E-state index in [1.807, 2.05) is 30.3 Å². The number of aromatic nitrogens is 3. The van der Waals surface area contributed by atoms with E-state index in [0.29, 0.717) is 11.0 Å². The molecule has 0 spiro atoms. The number of halogens is 2. The molecule has 128 valence electrons. The molecule has 8 heteroatoms. The summed E-state index contributed by atoms with van der Waals surface area (Å²) in [4.78, 5) is 16.5. The van der Waals surface area contributed by atoms with Crippen LogP contribution in [0.15, 0.2) is 53.7 Å². The first-order valence-electron chi connectivity index (χ1n) is 7.43. The zero-order valence-electron chi connectivity index (χ0n) is 13.2. The van der Waals surface area contributed by atoms with Crippen molar-refractivity contribution in [2.45, 2.75) is 17.3 Å². The van der Waals surface area contributed by atoms with Crippen LogP contribution in [-0.4, -0.2) is 26.3 Å². The lowest BCUT2D eigenvalue weighted by Gasteiger charge is -2.10. The van der Waals surface area contributed by atoms with Crippen LogP contribution in [0.2, 0.25) is 0 Å². The largest absolute Gasteiger partial charge is 0.325 e. The maximum absolute atomic E-state index is 13.2. The van der Waals surface area contributed by atoms with E-state index in [2.05, 4.69) is 20.5 Å². The van der Waals surface area contributed by atoms with Gasteiger partial charge in [0.25, 0.3) is 0 Å². The molecule has 1 heterocycles. The van der Waals surface area contributed by atoms with Crippen molar-refractivity contribution in [1.82, 2.24) is 15.2 Å². The summed E-state index contributed by atoms with van der Waals surface area (Å²) in [6.45, 7) is 1.68. The van der Waals surface area contributed by atoms with Crippen LogP contribution in [0.4, 0.5) is 14.5 Å². The molecule has 0 saturated carbocycles. The number of benzene rings is 2. The summed E-state index contributed by atoms with van der Waals surface area (Å²) in [7, 11) is 0. The third-order valence-electron chi connectivity index (χ3n) is 3.35. The highest BCUT2D eigenvalue weighted by atomic mass is 32.2. The van der Waals surface area contributed by atoms with Crippen LogP contribution in [0.3, 0.4) is 0 Å². The Kier molecular flexibility index (Phi) is 5.08. The third kappa shape index (κ3) is 4.21. The molecular formula is C17H14F2N4OS. The quantitative estimate of drug-likeness (QED) is 0.678. The minimum atomic E-state index is -1.01. The molecule has 2 N–H and O–H groups in total. The lowest BCUT2D eigenvalue weighted by atomic mass is 10.2. The summed E-state index contributed by atoms with van der Waals surface area (Å²) in [6.07, 6.45) is 0. The summed E-state index contributed by atoms with van der Waals surface area (Å²) in [6, 6.07) is 12.7. The molecule has 0 unspecified atom stereocenters. The van der Waals surface area contributed by atoms with E-state index in [-0.39, 0.29) is 11.6 Å². The Morgan fingerprint density at radius 3 is 2.64 bits per heavy atom. The Morgan fingerprint density at radius 1 is 1.16 bits per heavy atom. The van der Waals surface area contributed by atoms with Crippen molar-refractivity contribution in [2.24, 2.45) is 0 Å². The molecule has 3 aromatic rings. The number of nitrogens with one attached hydrogen (secondary N) is 2. The van der Waals surface area contributed by atoms with Crippen molar-refractivity contribution in [1.29, 1.82) is 0 Å². The van der Waals surface area contributed by atoms with Crippen molar-refractivity contribution in [3.05, 3.63) is 60.2 Å². The highest BCUT2D eigenvalue weighted by molar-refractivity contribution is 8.00. The van der Waals surface area contributed by atoms with Crippen molar-refractivity contribution in [2.75, 3.05) is 5.32 Å². The molecule has 1 amide bonds. The van der Waals surface area contributed by atoms with Crippen LogP contribution >= 0.6 is 11.8 Å². The van der Waals surface area contributed by atoms with E-state index in [1.165, 1.54) is 6.07 Å². The number of aromatic amines is 1. The van der Waals surface area contributed by atoms with Crippen molar-refractivity contribution >= 4 is 23.4 Å². The van der Waals surface area contributed by atoms with Gasteiger partial charge >= 0.3 is 0 Å². The molecule has 1 aromatic heterocycles. The number of thioether (sulfide) groups is 1. The average Bonchev–Trinajstić information content (AvgIpc) is 3.07. The number of carbonyl (C=O) groups is 1. The molecule has 0 aliphatic rings. The number of anilines is 1. The smallest absolute Gasteiger partial charge is 0.237 e. The average molecular weight is 360 g/mol. The van der Waals surface area contributed by atoms with E-state index in [0.717, 1.165) is 29.5 Å². The maximum atomic E-state index is 13.2. The molecular weight excluding hydrogens is 346 g/mol. The van der Waals surface area contributed by atoms with Gasteiger partial charge in [0.1, 0.15) is 0 Å². The third-order valence-corrected chi connectivity index (χ3v) is 4.31. The van der Waals surface area contributed by atoms with Gasteiger partial charge in [0, 0.05) is 17.3 Å². The molecule has 2 aromatic carbocycles. The predicted molar refractivity (Wildman–Crippen MR) is 92.1 cm³/mol. The molecule has 1 atom stereocenters. The number of nitrogens with zero attached hydrogens (tertiary/aromatic N) is 2. The molecule has 25 heavy (non-hydrogen) atoms. The molecule has 0 fully saturated rings. The highest BCUT2D eigenvalue weighted by Crippen LogP contribution is 2.23. The summed E-state index contributed by atoms with van der Waals surface area (Å²) >= 11 is 1.16. The van der Waals surface area contributed by atoms with Crippen LogP contribution < -0.4 is 5.32 Å². The number of H-pyrrole nitrogens is 1. The predicted octanol–water partition coefficient (Wildman–Crippen LogP) is 3.87. The van der Waals surface area contributed by atoms with Gasteiger partial charge in [-0.1, -0.05) is 42.1 Å². The standard InChI is InChI=1S/C17H14F2N4OS/c1-10(16(24)20-12-7-8-13(18)14(19)9-12)25-17-21-15(22-23-17)11-5-3-2-4-6-11/h2-10H,1H3,(H,20,24)(H,21,22,23)/t10-/m1/s1. The van der Waals surface area contributed by atoms with E-state index in [1.54, 1.807) is 6.92 Å². The Bertz CT molecular complexity index is 885. The Balaban J connectivity index is 1.63. The molecule has 0 aliphatic carbocycles. The SMILES string of the molecule is C[C@@H](Sc1n[nH]c(-c2ccccc2)n1)C(=O)Nc1ccc(F)c(F)c1. The molecule has 5 nitrogen and oxygen atoms in total. The summed E-state index contributed by atoms with van der Waals surface area (Å²) in [5.41, 5.74) is 1.08. The van der Waals surface area contributed by atoms with Crippen molar-refractivity contribution in [3.63, 3.8) is 0 Å². The molecule has 0 bridgehead atoms. The fourth-order valence-electron chi connectivity index (χ4n) is 2.05. The lowest BCUT2D eigenvalue weighted by molar-refractivity contribution is -0.115. The molecule has 0 saturated heterocycles. The monoisotopic (exact) mass is 360 g/mol. The van der Waals surface area contributed by atoms with Crippen LogP contribution in [0.5, 0.6) is 0 Å². The van der Waals surface area contributed by atoms with Crippen LogP contribution in [0.1, 0.15) is 6.92 Å². The van der Waals surface area contributed by atoms with Gasteiger partial charge in [-0.05, 0) is 19.1 Å². The van der Waals surface area contributed by atoms with Gasteiger partial charge in [0.15, 0.2) is 17.5 Å². The lowest BCUT2D eigenvalue weighted by Crippen LogP contribution is -2.22. The summed E-state index contributed by atoms with van der Waals surface area (Å²) in [5, 5.41) is 9.35. The van der Waals surface area contributed by atoms with Gasteiger partial charge in [0.05, 0.1) is 5.25 Å². The van der Waals surface area contributed by atoms with Crippen LogP contribution in [-0.2, 0) is 4.79 Å². The fraction of sp³-hybridized carbons (Fsp3) is 0.118. The fourth-order valence-corrected chi connectivity index (χ4v) is 2.78. The minimum Gasteiger partial charge on any atom is -0.325 e. The summed E-state index contributed by atoms with van der Waals surface area (Å²) in [5.74, 6) is -1.73. The first-order chi connectivity index (χ1) is 12.0. The van der Waals surface area contributed by atoms with E-state index in [9.17, 15) is 13.6 Å². The molecule has 3 rings (SSSR count). The normalized spacial score (nSPS) is 12.0. The van der Waals surface area contributed by atoms with E-state index in [4.69, 9.17) is 0 Å². The van der Waals surface area contributed by atoms with Gasteiger partial charge < -0.3 is 5.32 Å². The Hall–Kier alpha value is -2.74. The van der Waals surface area contributed by atoms with Crippen LogP contribution in [0.25, 0.3) is 11.4 Å². The highest BCUT2D eigenvalue weighted by Gasteiger charge is 2.18. The first-order valence-corrected chi connectivity index (χ1v) is 8.31. The maximum Gasteiger partial charge on any atom is 0.237 e. The van der Waals surface area contributed by atoms with Gasteiger partial charge in [-0.15, -0.1) is 5.10 Å². The van der Waals surface area contributed by atoms with Crippen molar-refractivity contribution < 1.29 is 13.6 Å².